The monoisotopic (exact) mass is 340 g/mol. The molecule has 94 valence electrons. The van der Waals surface area contributed by atoms with Crippen LogP contribution in [0, 0.1) is 0 Å². The maximum Gasteiger partial charge on any atom is 0.303 e. The summed E-state index contributed by atoms with van der Waals surface area (Å²) in [5.74, 6) is -0.287. The third-order valence-electron chi connectivity index (χ3n) is 2.02. The average molecular weight is 342 g/mol. The first-order valence-corrected chi connectivity index (χ1v) is 6.54. The van der Waals surface area contributed by atoms with E-state index in [4.69, 9.17) is 33.0 Å². The number of halogens is 3. The molecule has 0 atom stereocenters. The molecule has 0 bridgehead atoms. The molecule has 0 saturated carbocycles. The van der Waals surface area contributed by atoms with Gasteiger partial charge in [-0.25, -0.2) is 0 Å². The van der Waals surface area contributed by atoms with Crippen LogP contribution < -0.4 is 4.74 Å². The van der Waals surface area contributed by atoms with E-state index in [1.165, 1.54) is 0 Å². The van der Waals surface area contributed by atoms with Crippen LogP contribution in [0.15, 0.2) is 16.6 Å². The Balaban J connectivity index is 2.41. The number of aliphatic carboxylic acids is 1. The van der Waals surface area contributed by atoms with Gasteiger partial charge in [-0.05, 0) is 34.8 Å². The zero-order chi connectivity index (χ0) is 12.8. The molecule has 3 nitrogen and oxygen atoms in total. The van der Waals surface area contributed by atoms with Crippen molar-refractivity contribution in [3.05, 3.63) is 26.7 Å². The first-order chi connectivity index (χ1) is 8.00. The van der Waals surface area contributed by atoms with E-state index in [9.17, 15) is 4.79 Å². The highest BCUT2D eigenvalue weighted by Gasteiger charge is 2.06. The van der Waals surface area contributed by atoms with E-state index < -0.39 is 5.97 Å². The maximum atomic E-state index is 10.3. The van der Waals surface area contributed by atoms with Crippen LogP contribution in [-0.2, 0) is 4.79 Å². The van der Waals surface area contributed by atoms with Gasteiger partial charge >= 0.3 is 5.97 Å². The predicted octanol–water partition coefficient (Wildman–Crippen LogP) is 4.39. The number of benzene rings is 1. The Bertz CT molecular complexity index is 410. The Kier molecular flexibility index (Phi) is 6.09. The van der Waals surface area contributed by atoms with Crippen molar-refractivity contribution in [2.24, 2.45) is 0 Å². The summed E-state index contributed by atoms with van der Waals surface area (Å²) >= 11 is 15.1. The summed E-state index contributed by atoms with van der Waals surface area (Å²) in [5, 5.41) is 9.45. The second-order valence-electron chi connectivity index (χ2n) is 3.40. The number of ether oxygens (including phenoxy) is 1. The highest BCUT2D eigenvalue weighted by molar-refractivity contribution is 9.10. The summed E-state index contributed by atoms with van der Waals surface area (Å²) in [4.78, 5) is 10.3. The van der Waals surface area contributed by atoms with Crippen molar-refractivity contribution in [3.8, 4) is 5.75 Å². The number of carboxylic acid groups (broad SMARTS) is 1. The number of carbonyl (C=O) groups is 1. The molecule has 1 aromatic carbocycles. The molecular formula is C11H11BrCl2O3. The summed E-state index contributed by atoms with van der Waals surface area (Å²) in [6.07, 6.45) is 1.39. The molecule has 0 aliphatic carbocycles. The summed E-state index contributed by atoms with van der Waals surface area (Å²) < 4.78 is 6.13. The van der Waals surface area contributed by atoms with Crippen LogP contribution in [0.4, 0.5) is 0 Å². The Morgan fingerprint density at radius 2 is 2.00 bits per heavy atom. The predicted molar refractivity (Wildman–Crippen MR) is 71.1 cm³/mol. The molecule has 1 aromatic rings. The summed E-state index contributed by atoms with van der Waals surface area (Å²) in [6, 6.07) is 3.29. The van der Waals surface area contributed by atoms with Crippen molar-refractivity contribution in [1.82, 2.24) is 0 Å². The molecule has 0 aliphatic rings. The number of carboxylic acids is 1. The Morgan fingerprint density at radius 1 is 1.29 bits per heavy atom. The second-order valence-corrected chi connectivity index (χ2v) is 5.06. The zero-order valence-electron chi connectivity index (χ0n) is 8.88. The lowest BCUT2D eigenvalue weighted by Gasteiger charge is -2.08. The van der Waals surface area contributed by atoms with E-state index in [0.717, 1.165) is 0 Å². The van der Waals surface area contributed by atoms with Crippen molar-refractivity contribution in [1.29, 1.82) is 0 Å². The van der Waals surface area contributed by atoms with Gasteiger partial charge in [-0.1, -0.05) is 23.2 Å². The fourth-order valence-electron chi connectivity index (χ4n) is 1.18. The van der Waals surface area contributed by atoms with Gasteiger partial charge in [-0.15, -0.1) is 0 Å². The molecule has 0 aliphatic heterocycles. The molecule has 0 heterocycles. The minimum atomic E-state index is -0.797. The highest BCUT2D eigenvalue weighted by atomic mass is 79.9. The third-order valence-corrected chi connectivity index (χ3v) is 3.51. The zero-order valence-corrected chi connectivity index (χ0v) is 12.0. The van der Waals surface area contributed by atoms with Gasteiger partial charge in [0.05, 0.1) is 16.7 Å². The molecule has 0 amide bonds. The van der Waals surface area contributed by atoms with Crippen LogP contribution in [-0.4, -0.2) is 17.7 Å². The van der Waals surface area contributed by atoms with Crippen LogP contribution in [0.3, 0.4) is 0 Å². The lowest BCUT2D eigenvalue weighted by molar-refractivity contribution is -0.137. The molecule has 0 aromatic heterocycles. The molecule has 0 spiro atoms. The highest BCUT2D eigenvalue weighted by Crippen LogP contribution is 2.34. The van der Waals surface area contributed by atoms with Crippen LogP contribution in [0.5, 0.6) is 5.75 Å². The molecular weight excluding hydrogens is 331 g/mol. The van der Waals surface area contributed by atoms with Crippen molar-refractivity contribution >= 4 is 45.1 Å². The van der Waals surface area contributed by atoms with Gasteiger partial charge < -0.3 is 9.84 Å². The van der Waals surface area contributed by atoms with Gasteiger partial charge in [0, 0.05) is 17.0 Å². The molecule has 1 rings (SSSR count). The van der Waals surface area contributed by atoms with Crippen LogP contribution in [0.25, 0.3) is 0 Å². The van der Waals surface area contributed by atoms with Gasteiger partial charge in [-0.2, -0.15) is 0 Å². The molecule has 0 fully saturated rings. The molecule has 1 N–H and O–H groups in total. The van der Waals surface area contributed by atoms with Crippen molar-refractivity contribution < 1.29 is 14.6 Å². The number of hydrogen-bond donors (Lipinski definition) is 1. The van der Waals surface area contributed by atoms with E-state index in [2.05, 4.69) is 15.9 Å². The fraction of sp³-hybridized carbons (Fsp3) is 0.364. The first kappa shape index (κ1) is 14.6. The standard InChI is InChI=1S/C11H11BrCl2O3/c12-7-5-9(14)10(6-8(7)13)17-4-2-1-3-11(15)16/h5-6H,1-4H2,(H,15,16). The average Bonchev–Trinajstić information content (AvgIpc) is 2.24. The topological polar surface area (TPSA) is 46.5 Å². The smallest absolute Gasteiger partial charge is 0.303 e. The van der Waals surface area contributed by atoms with E-state index in [-0.39, 0.29) is 6.42 Å². The van der Waals surface area contributed by atoms with Gasteiger partial charge in [-0.3, -0.25) is 4.79 Å². The van der Waals surface area contributed by atoms with Crippen LogP contribution in [0.1, 0.15) is 19.3 Å². The Morgan fingerprint density at radius 3 is 2.65 bits per heavy atom. The van der Waals surface area contributed by atoms with E-state index in [1.807, 2.05) is 0 Å². The Labute approximate surface area is 118 Å². The number of hydrogen-bond acceptors (Lipinski definition) is 2. The lowest BCUT2D eigenvalue weighted by atomic mass is 10.2. The first-order valence-electron chi connectivity index (χ1n) is 5.00. The van der Waals surface area contributed by atoms with Crippen molar-refractivity contribution in [2.75, 3.05) is 6.61 Å². The fourth-order valence-corrected chi connectivity index (χ4v) is 2.02. The van der Waals surface area contributed by atoms with Gasteiger partial charge in [0.2, 0.25) is 0 Å². The molecule has 0 saturated heterocycles. The number of unbranched alkanes of at least 4 members (excludes halogenated alkanes) is 1. The minimum Gasteiger partial charge on any atom is -0.492 e. The van der Waals surface area contributed by atoms with E-state index >= 15 is 0 Å². The summed E-state index contributed by atoms with van der Waals surface area (Å²) in [7, 11) is 0. The maximum absolute atomic E-state index is 10.3. The van der Waals surface area contributed by atoms with Gasteiger partial charge in [0.25, 0.3) is 0 Å². The quantitative estimate of drug-likeness (QED) is 0.616. The largest absolute Gasteiger partial charge is 0.492 e. The van der Waals surface area contributed by atoms with Crippen LogP contribution >= 0.6 is 39.1 Å². The van der Waals surface area contributed by atoms with Crippen LogP contribution in [0.2, 0.25) is 10.0 Å². The number of rotatable bonds is 6. The third kappa shape index (κ3) is 5.15. The van der Waals surface area contributed by atoms with Gasteiger partial charge in [0.15, 0.2) is 0 Å². The SMILES string of the molecule is O=C(O)CCCCOc1cc(Cl)c(Br)cc1Cl. The lowest BCUT2D eigenvalue weighted by Crippen LogP contribution is -2.00. The van der Waals surface area contributed by atoms with E-state index in [1.54, 1.807) is 12.1 Å². The summed E-state index contributed by atoms with van der Waals surface area (Å²) in [6.45, 7) is 0.422. The molecule has 0 radical (unpaired) electrons. The summed E-state index contributed by atoms with van der Waals surface area (Å²) in [5.41, 5.74) is 0. The second kappa shape index (κ2) is 7.09. The van der Waals surface area contributed by atoms with Crippen molar-refractivity contribution in [2.45, 2.75) is 19.3 Å². The van der Waals surface area contributed by atoms with E-state index in [0.29, 0.717) is 39.7 Å². The molecule has 17 heavy (non-hydrogen) atoms. The molecule has 6 heteroatoms. The minimum absolute atomic E-state index is 0.151. The Hall–Kier alpha value is -0.450. The van der Waals surface area contributed by atoms with Gasteiger partial charge in [0.1, 0.15) is 5.75 Å². The van der Waals surface area contributed by atoms with Crippen molar-refractivity contribution in [3.63, 3.8) is 0 Å². The normalized spacial score (nSPS) is 10.3. The molecule has 0 unspecified atom stereocenters.